The minimum Gasteiger partial charge on any atom is -0.469 e. The lowest BCUT2D eigenvalue weighted by molar-refractivity contribution is -0.141. The van der Waals surface area contributed by atoms with Crippen LogP contribution in [0.1, 0.15) is 30.9 Å². The van der Waals surface area contributed by atoms with Crippen LogP contribution in [0, 0.1) is 11.7 Å². The fourth-order valence-electron chi connectivity index (χ4n) is 3.74. The number of methoxy groups -OCH3 is 1. The summed E-state index contributed by atoms with van der Waals surface area (Å²) >= 11 is 0. The Hall–Kier alpha value is -3.56. The van der Waals surface area contributed by atoms with Crippen LogP contribution in [0.2, 0.25) is 0 Å². The molecule has 3 aromatic rings. The number of hydrogen-bond acceptors (Lipinski definition) is 7. The molecule has 9 nitrogen and oxygen atoms in total. The molecule has 0 aliphatic carbocycles. The van der Waals surface area contributed by atoms with Gasteiger partial charge in [-0.1, -0.05) is 12.1 Å². The number of hydrogen-bond donors (Lipinski definition) is 1. The number of esters is 1. The topological polar surface area (TPSA) is 102 Å². The average molecular weight is 426 g/mol. The first-order valence-electron chi connectivity index (χ1n) is 10.1. The number of nitrogens with one attached hydrogen (secondary N) is 1. The first kappa shape index (κ1) is 20.7. The van der Waals surface area contributed by atoms with E-state index in [1.165, 1.54) is 19.2 Å². The monoisotopic (exact) mass is 426 g/mol. The lowest BCUT2D eigenvalue weighted by Gasteiger charge is -2.32. The quantitative estimate of drug-likeness (QED) is 0.601. The second kappa shape index (κ2) is 9.07. The van der Waals surface area contributed by atoms with Gasteiger partial charge in [0, 0.05) is 19.0 Å². The molecule has 1 N–H and O–H groups in total. The molecular formula is C21H23FN6O3. The molecule has 162 valence electrons. The molecule has 0 radical (unpaired) electrons. The predicted molar refractivity (Wildman–Crippen MR) is 110 cm³/mol. The van der Waals surface area contributed by atoms with Gasteiger partial charge in [-0.3, -0.25) is 9.59 Å². The molecule has 1 aliphatic heterocycles. The van der Waals surface area contributed by atoms with Crippen molar-refractivity contribution in [3.05, 3.63) is 54.1 Å². The van der Waals surface area contributed by atoms with Crippen LogP contribution in [0.15, 0.2) is 42.7 Å². The van der Waals surface area contributed by atoms with Crippen molar-refractivity contribution in [3.8, 4) is 0 Å². The highest BCUT2D eigenvalue weighted by molar-refractivity contribution is 5.80. The zero-order chi connectivity index (χ0) is 21.8. The Kier molecular flexibility index (Phi) is 6.06. The molecule has 0 spiro atoms. The fourth-order valence-corrected chi connectivity index (χ4v) is 3.74. The Morgan fingerprint density at radius 1 is 1.19 bits per heavy atom. The molecule has 1 saturated heterocycles. The molecule has 4 rings (SSSR count). The normalized spacial score (nSPS) is 15.6. The first-order valence-corrected chi connectivity index (χ1v) is 10.1. The molecule has 3 heterocycles. The number of nitrogens with zero attached hydrogens (tertiary/aromatic N) is 5. The summed E-state index contributed by atoms with van der Waals surface area (Å²) in [5.41, 5.74) is 1.33. The Bertz CT molecular complexity index is 1060. The molecular weight excluding hydrogens is 403 g/mol. The van der Waals surface area contributed by atoms with E-state index in [4.69, 9.17) is 4.74 Å². The molecule has 1 amide bonds. The van der Waals surface area contributed by atoms with Gasteiger partial charge < -0.3 is 15.0 Å². The standard InChI is InChI=1S/C21H23FN6O3/c1-31-20(29)12-17(14-2-4-16(22)5-3-14)24-21(30)15-8-10-27(11-9-15)19-7-6-18-25-23-13-28(18)26-19/h2-7,13,15,17H,8-12H2,1H3,(H,24,30). The third kappa shape index (κ3) is 4.79. The maximum absolute atomic E-state index is 13.3. The van der Waals surface area contributed by atoms with Crippen LogP contribution in [-0.4, -0.2) is 51.9 Å². The van der Waals surface area contributed by atoms with E-state index in [0.717, 1.165) is 5.82 Å². The summed E-state index contributed by atoms with van der Waals surface area (Å²) in [5.74, 6) is -0.325. The van der Waals surface area contributed by atoms with Gasteiger partial charge in [-0.25, -0.2) is 4.39 Å². The van der Waals surface area contributed by atoms with Gasteiger partial charge in [-0.2, -0.15) is 4.52 Å². The Balaban J connectivity index is 1.39. The third-order valence-corrected chi connectivity index (χ3v) is 5.52. The van der Waals surface area contributed by atoms with Gasteiger partial charge in [0.15, 0.2) is 5.65 Å². The van der Waals surface area contributed by atoms with E-state index < -0.39 is 12.0 Å². The van der Waals surface area contributed by atoms with Crippen molar-refractivity contribution in [2.45, 2.75) is 25.3 Å². The highest BCUT2D eigenvalue weighted by atomic mass is 19.1. The van der Waals surface area contributed by atoms with Crippen LogP contribution in [0.4, 0.5) is 10.2 Å². The highest BCUT2D eigenvalue weighted by Crippen LogP contribution is 2.24. The van der Waals surface area contributed by atoms with Crippen molar-refractivity contribution in [2.75, 3.05) is 25.1 Å². The smallest absolute Gasteiger partial charge is 0.307 e. The second-order valence-electron chi connectivity index (χ2n) is 7.48. The van der Waals surface area contributed by atoms with E-state index in [9.17, 15) is 14.0 Å². The highest BCUT2D eigenvalue weighted by Gasteiger charge is 2.28. The van der Waals surface area contributed by atoms with Gasteiger partial charge >= 0.3 is 5.97 Å². The maximum atomic E-state index is 13.3. The number of anilines is 1. The van der Waals surface area contributed by atoms with Crippen molar-refractivity contribution in [3.63, 3.8) is 0 Å². The molecule has 0 bridgehead atoms. The first-order chi connectivity index (χ1) is 15.0. The summed E-state index contributed by atoms with van der Waals surface area (Å²) < 4.78 is 19.7. The number of carbonyl (C=O) groups excluding carboxylic acids is 2. The van der Waals surface area contributed by atoms with Gasteiger partial charge in [-0.05, 0) is 42.7 Å². The lowest BCUT2D eigenvalue weighted by Crippen LogP contribution is -2.42. The Morgan fingerprint density at radius 3 is 2.65 bits per heavy atom. The zero-order valence-electron chi connectivity index (χ0n) is 17.1. The minimum atomic E-state index is -0.573. The van der Waals surface area contributed by atoms with Crippen LogP contribution in [-0.2, 0) is 14.3 Å². The largest absolute Gasteiger partial charge is 0.469 e. The molecule has 0 saturated carbocycles. The molecule has 1 aliphatic rings. The van der Waals surface area contributed by atoms with Crippen molar-refractivity contribution < 1.29 is 18.7 Å². The van der Waals surface area contributed by atoms with Crippen molar-refractivity contribution in [1.82, 2.24) is 25.1 Å². The van der Waals surface area contributed by atoms with Crippen molar-refractivity contribution >= 4 is 23.3 Å². The van der Waals surface area contributed by atoms with Gasteiger partial charge in [0.05, 0.1) is 19.6 Å². The zero-order valence-corrected chi connectivity index (χ0v) is 17.1. The van der Waals surface area contributed by atoms with Crippen LogP contribution in [0.5, 0.6) is 0 Å². The van der Waals surface area contributed by atoms with E-state index in [1.807, 2.05) is 12.1 Å². The minimum absolute atomic E-state index is 0.0183. The number of benzene rings is 1. The van der Waals surface area contributed by atoms with Gasteiger partial charge in [0.2, 0.25) is 5.91 Å². The average Bonchev–Trinajstić information content (AvgIpc) is 3.27. The number of fused-ring (bicyclic) bond motifs is 1. The van der Waals surface area contributed by atoms with Crippen LogP contribution >= 0.6 is 0 Å². The SMILES string of the molecule is COC(=O)CC(NC(=O)C1CCN(c2ccc3nncn3n2)CC1)c1ccc(F)cc1. The molecule has 10 heteroatoms. The molecule has 31 heavy (non-hydrogen) atoms. The van der Waals surface area contributed by atoms with Gasteiger partial charge in [0.1, 0.15) is 18.0 Å². The number of carbonyl (C=O) groups is 2. The molecule has 1 atom stereocenters. The molecule has 1 fully saturated rings. The number of rotatable bonds is 6. The predicted octanol–water partition coefficient (Wildman–Crippen LogP) is 1.90. The summed E-state index contributed by atoms with van der Waals surface area (Å²) in [7, 11) is 1.30. The van der Waals surface area contributed by atoms with Gasteiger partial charge in [-0.15, -0.1) is 15.3 Å². The summed E-state index contributed by atoms with van der Waals surface area (Å²) in [5, 5.41) is 15.2. The number of aromatic nitrogens is 4. The van der Waals surface area contributed by atoms with Crippen LogP contribution < -0.4 is 10.2 Å². The summed E-state index contributed by atoms with van der Waals surface area (Å²) in [6.45, 7) is 1.36. The van der Waals surface area contributed by atoms with E-state index in [1.54, 1.807) is 23.0 Å². The lowest BCUT2D eigenvalue weighted by atomic mass is 9.94. The Labute approximate surface area is 178 Å². The van der Waals surface area contributed by atoms with Crippen molar-refractivity contribution in [2.24, 2.45) is 5.92 Å². The van der Waals surface area contributed by atoms with Gasteiger partial charge in [0.25, 0.3) is 0 Å². The number of halogens is 1. The van der Waals surface area contributed by atoms with E-state index in [2.05, 4.69) is 25.5 Å². The van der Waals surface area contributed by atoms with Crippen LogP contribution in [0.3, 0.4) is 0 Å². The number of amides is 1. The van der Waals surface area contributed by atoms with Crippen LogP contribution in [0.25, 0.3) is 5.65 Å². The molecule has 1 unspecified atom stereocenters. The van der Waals surface area contributed by atoms with E-state index >= 15 is 0 Å². The van der Waals surface area contributed by atoms with E-state index in [0.29, 0.717) is 37.1 Å². The number of piperidine rings is 1. The summed E-state index contributed by atoms with van der Waals surface area (Å²) in [4.78, 5) is 26.9. The fraction of sp³-hybridized carbons (Fsp3) is 0.381. The second-order valence-corrected chi connectivity index (χ2v) is 7.48. The molecule has 1 aromatic carbocycles. The number of ether oxygens (including phenoxy) is 1. The molecule has 2 aromatic heterocycles. The maximum Gasteiger partial charge on any atom is 0.307 e. The van der Waals surface area contributed by atoms with E-state index in [-0.39, 0.29) is 24.1 Å². The summed E-state index contributed by atoms with van der Waals surface area (Å²) in [6, 6.07) is 8.93. The summed E-state index contributed by atoms with van der Waals surface area (Å²) in [6.07, 6.45) is 2.84. The third-order valence-electron chi connectivity index (χ3n) is 5.52. The van der Waals surface area contributed by atoms with Crippen molar-refractivity contribution in [1.29, 1.82) is 0 Å². The Morgan fingerprint density at radius 2 is 1.94 bits per heavy atom.